The lowest BCUT2D eigenvalue weighted by molar-refractivity contribution is -0.107. The van der Waals surface area contributed by atoms with E-state index in [1.807, 2.05) is 63.2 Å². The number of carbonyl (C=O) groups excluding carboxylic acids is 2. The summed E-state index contributed by atoms with van der Waals surface area (Å²) in [5, 5.41) is 3.72. The van der Waals surface area contributed by atoms with E-state index in [-0.39, 0.29) is 0 Å². The number of benzene rings is 2. The maximum atomic E-state index is 11.8. The van der Waals surface area contributed by atoms with E-state index in [9.17, 15) is 9.59 Å². The summed E-state index contributed by atoms with van der Waals surface area (Å²) in [7, 11) is 0. The van der Waals surface area contributed by atoms with Crippen LogP contribution in [0.25, 0.3) is 22.1 Å². The van der Waals surface area contributed by atoms with Gasteiger partial charge in [0.15, 0.2) is 0 Å². The molecule has 0 aliphatic carbocycles. The summed E-state index contributed by atoms with van der Waals surface area (Å²) in [4.78, 5) is 22.6. The lowest BCUT2D eigenvalue weighted by Gasteiger charge is -2.19. The zero-order valence-corrected chi connectivity index (χ0v) is 15.7. The Morgan fingerprint density at radius 3 is 2.52 bits per heavy atom. The first-order valence-corrected chi connectivity index (χ1v) is 8.85. The summed E-state index contributed by atoms with van der Waals surface area (Å²) in [5.74, 6) is 0. The van der Waals surface area contributed by atoms with Crippen LogP contribution in [-0.2, 0) is 22.5 Å². The molecule has 1 amide bonds. The van der Waals surface area contributed by atoms with Gasteiger partial charge in [-0.1, -0.05) is 24.3 Å². The molecule has 0 radical (unpaired) electrons. The number of nitrogens with one attached hydrogen (secondary N) is 1. The minimum absolute atomic E-state index is 0.367. The van der Waals surface area contributed by atoms with Crippen LogP contribution in [0.15, 0.2) is 53.1 Å². The summed E-state index contributed by atoms with van der Waals surface area (Å²) in [6.07, 6.45) is 2.48. The maximum Gasteiger partial charge on any atom is 0.407 e. The number of carbonyl (C=O) groups is 2. The van der Waals surface area contributed by atoms with Crippen molar-refractivity contribution >= 4 is 23.3 Å². The van der Waals surface area contributed by atoms with Gasteiger partial charge in [0, 0.05) is 23.9 Å². The SMILES string of the molecule is CC(C)(C)OC(=O)NCc1ccc(-c2cc(CC=O)cc3ccoc23)cc1. The molecule has 1 aromatic heterocycles. The first-order valence-electron chi connectivity index (χ1n) is 8.85. The van der Waals surface area contributed by atoms with Crippen LogP contribution < -0.4 is 5.32 Å². The second-order valence-electron chi connectivity index (χ2n) is 7.41. The highest BCUT2D eigenvalue weighted by atomic mass is 16.6. The Morgan fingerprint density at radius 1 is 1.11 bits per heavy atom. The number of aldehydes is 1. The number of fused-ring (bicyclic) bond motifs is 1. The molecule has 0 atom stereocenters. The largest absolute Gasteiger partial charge is 0.464 e. The monoisotopic (exact) mass is 365 g/mol. The number of furan rings is 1. The van der Waals surface area contributed by atoms with Crippen molar-refractivity contribution < 1.29 is 18.7 Å². The third-order valence-electron chi connectivity index (χ3n) is 4.03. The fraction of sp³-hybridized carbons (Fsp3) is 0.273. The quantitative estimate of drug-likeness (QED) is 0.655. The van der Waals surface area contributed by atoms with E-state index >= 15 is 0 Å². The van der Waals surface area contributed by atoms with Crippen LogP contribution in [0.1, 0.15) is 31.9 Å². The van der Waals surface area contributed by atoms with Crippen LogP contribution in [0.5, 0.6) is 0 Å². The first-order chi connectivity index (χ1) is 12.9. The predicted octanol–water partition coefficient (Wildman–Crippen LogP) is 4.87. The number of ether oxygens (including phenoxy) is 1. The van der Waals surface area contributed by atoms with E-state index in [0.29, 0.717) is 13.0 Å². The Hall–Kier alpha value is -3.08. The van der Waals surface area contributed by atoms with Crippen molar-refractivity contribution in [2.45, 2.75) is 39.3 Å². The van der Waals surface area contributed by atoms with Gasteiger partial charge in [-0.25, -0.2) is 4.79 Å². The highest BCUT2D eigenvalue weighted by Crippen LogP contribution is 2.31. The van der Waals surface area contributed by atoms with Gasteiger partial charge in [-0.05, 0) is 55.7 Å². The zero-order valence-electron chi connectivity index (χ0n) is 15.7. The Morgan fingerprint density at radius 2 is 1.85 bits per heavy atom. The molecule has 0 saturated carbocycles. The van der Waals surface area contributed by atoms with E-state index in [1.165, 1.54) is 0 Å². The van der Waals surface area contributed by atoms with Gasteiger partial charge in [-0.15, -0.1) is 0 Å². The summed E-state index contributed by atoms with van der Waals surface area (Å²) in [5.41, 5.74) is 4.12. The molecule has 0 saturated heterocycles. The van der Waals surface area contributed by atoms with Crippen molar-refractivity contribution in [1.82, 2.24) is 5.32 Å². The second kappa shape index (κ2) is 7.66. The van der Waals surface area contributed by atoms with Crippen molar-refractivity contribution in [2.75, 3.05) is 0 Å². The van der Waals surface area contributed by atoms with Crippen LogP contribution in [0.4, 0.5) is 4.79 Å². The molecule has 1 N–H and O–H groups in total. The van der Waals surface area contributed by atoms with Gasteiger partial charge in [0.25, 0.3) is 0 Å². The van der Waals surface area contributed by atoms with E-state index in [2.05, 4.69) is 5.32 Å². The molecule has 5 heteroatoms. The fourth-order valence-corrected chi connectivity index (χ4v) is 2.86. The van der Waals surface area contributed by atoms with Gasteiger partial charge >= 0.3 is 6.09 Å². The number of hydrogen-bond donors (Lipinski definition) is 1. The first kappa shape index (κ1) is 18.7. The minimum atomic E-state index is -0.519. The van der Waals surface area contributed by atoms with Crippen LogP contribution in [0, 0.1) is 0 Å². The molecule has 1 heterocycles. The molecule has 0 spiro atoms. The molecule has 2 aromatic carbocycles. The summed E-state index contributed by atoms with van der Waals surface area (Å²) < 4.78 is 10.9. The molecular weight excluding hydrogens is 342 g/mol. The molecule has 3 aromatic rings. The lowest BCUT2D eigenvalue weighted by atomic mass is 9.98. The molecule has 0 unspecified atom stereocenters. The summed E-state index contributed by atoms with van der Waals surface area (Å²) >= 11 is 0. The second-order valence-corrected chi connectivity index (χ2v) is 7.41. The highest BCUT2D eigenvalue weighted by Gasteiger charge is 2.15. The minimum Gasteiger partial charge on any atom is -0.464 e. The molecule has 0 aliphatic heterocycles. The molecule has 3 rings (SSSR count). The molecule has 27 heavy (non-hydrogen) atoms. The van der Waals surface area contributed by atoms with Gasteiger partial charge in [0.05, 0.1) is 6.26 Å². The molecule has 140 valence electrons. The third kappa shape index (κ3) is 4.76. The molecule has 0 fully saturated rings. The van der Waals surface area contributed by atoms with E-state index in [1.54, 1.807) is 6.26 Å². The molecule has 0 aliphatic rings. The van der Waals surface area contributed by atoms with Crippen LogP contribution in [0.3, 0.4) is 0 Å². The van der Waals surface area contributed by atoms with Gasteiger partial charge in [-0.3, -0.25) is 0 Å². The van der Waals surface area contributed by atoms with Crippen molar-refractivity contribution in [3.05, 3.63) is 59.9 Å². The number of alkyl carbamates (subject to hydrolysis) is 1. The van der Waals surface area contributed by atoms with Crippen molar-refractivity contribution in [1.29, 1.82) is 0 Å². The number of amides is 1. The molecule has 5 nitrogen and oxygen atoms in total. The zero-order chi connectivity index (χ0) is 19.4. The average Bonchev–Trinajstić information content (AvgIpc) is 3.07. The van der Waals surface area contributed by atoms with Gasteiger partial charge in [0.1, 0.15) is 17.5 Å². The summed E-state index contributed by atoms with van der Waals surface area (Å²) in [6, 6.07) is 13.7. The topological polar surface area (TPSA) is 68.5 Å². The van der Waals surface area contributed by atoms with E-state index in [4.69, 9.17) is 9.15 Å². The van der Waals surface area contributed by atoms with Crippen molar-refractivity contribution in [3.8, 4) is 11.1 Å². The van der Waals surface area contributed by atoms with Crippen LogP contribution in [-0.4, -0.2) is 18.0 Å². The van der Waals surface area contributed by atoms with Crippen molar-refractivity contribution in [2.24, 2.45) is 0 Å². The van der Waals surface area contributed by atoms with E-state index in [0.717, 1.165) is 39.5 Å². The van der Waals surface area contributed by atoms with Crippen molar-refractivity contribution in [3.63, 3.8) is 0 Å². The molecular formula is C22H23NO4. The number of rotatable bonds is 5. The Kier molecular flexibility index (Phi) is 5.31. The Balaban J connectivity index is 1.77. The molecule has 0 bridgehead atoms. The van der Waals surface area contributed by atoms with Crippen LogP contribution >= 0.6 is 0 Å². The Bertz CT molecular complexity index is 949. The fourth-order valence-electron chi connectivity index (χ4n) is 2.86. The lowest BCUT2D eigenvalue weighted by Crippen LogP contribution is -2.32. The van der Waals surface area contributed by atoms with Gasteiger partial charge < -0.3 is 19.3 Å². The van der Waals surface area contributed by atoms with Gasteiger partial charge in [-0.2, -0.15) is 0 Å². The van der Waals surface area contributed by atoms with Crippen LogP contribution in [0.2, 0.25) is 0 Å². The smallest absolute Gasteiger partial charge is 0.407 e. The maximum absolute atomic E-state index is 11.8. The normalized spacial score (nSPS) is 11.4. The standard InChI is InChI=1S/C22H23NO4/c1-22(2,3)27-21(25)23-14-15-4-6-17(7-5-15)19-13-16(8-10-24)12-18-9-11-26-20(18)19/h4-7,9-13H,8,14H2,1-3H3,(H,23,25). The summed E-state index contributed by atoms with van der Waals surface area (Å²) in [6.45, 7) is 5.87. The third-order valence-corrected chi connectivity index (χ3v) is 4.03. The van der Waals surface area contributed by atoms with E-state index < -0.39 is 11.7 Å². The average molecular weight is 365 g/mol. The number of hydrogen-bond acceptors (Lipinski definition) is 4. The highest BCUT2D eigenvalue weighted by molar-refractivity contribution is 5.93. The Labute approximate surface area is 158 Å². The predicted molar refractivity (Wildman–Crippen MR) is 104 cm³/mol. The van der Waals surface area contributed by atoms with Gasteiger partial charge in [0.2, 0.25) is 0 Å².